The van der Waals surface area contributed by atoms with Gasteiger partial charge in [-0.1, -0.05) is 54.8 Å². The van der Waals surface area contributed by atoms with Crippen LogP contribution in [0.2, 0.25) is 0 Å². The maximum atomic E-state index is 12.5. The Kier molecular flexibility index (Phi) is 5.89. The molecule has 6 nitrogen and oxygen atoms in total. The van der Waals surface area contributed by atoms with E-state index in [1.165, 1.54) is 6.42 Å². The predicted octanol–water partition coefficient (Wildman–Crippen LogP) is 4.44. The van der Waals surface area contributed by atoms with Crippen LogP contribution in [-0.2, 0) is 9.53 Å². The van der Waals surface area contributed by atoms with E-state index in [2.05, 4.69) is 5.16 Å². The zero-order valence-corrected chi connectivity index (χ0v) is 16.3. The normalized spacial score (nSPS) is 15.0. The number of nitrogens with zero attached hydrogens (tertiary/aromatic N) is 2. The Balaban J connectivity index is 1.45. The molecule has 6 heteroatoms. The second kappa shape index (κ2) is 8.90. The molecule has 1 aliphatic rings. The molecule has 4 rings (SSSR count). The number of hydrogen-bond donors (Lipinski definition) is 0. The Morgan fingerprint density at radius 1 is 0.966 bits per heavy atom. The lowest BCUT2D eigenvalue weighted by Gasteiger charge is -2.24. The predicted molar refractivity (Wildman–Crippen MR) is 109 cm³/mol. The molecule has 0 N–H and O–H groups in total. The number of hydrogen-bond acceptors (Lipinski definition) is 5. The maximum absolute atomic E-state index is 12.5. The largest absolute Gasteiger partial charge is 0.452 e. The molecule has 1 aliphatic heterocycles. The molecular formula is C23H24N2O4. The summed E-state index contributed by atoms with van der Waals surface area (Å²) in [5.41, 5.74) is 1.92. The fourth-order valence-electron chi connectivity index (χ4n) is 3.66. The first-order chi connectivity index (χ1) is 14.2. The third-order valence-corrected chi connectivity index (χ3v) is 5.28. The highest BCUT2D eigenvalue weighted by Gasteiger charge is 2.19. The van der Waals surface area contributed by atoms with Gasteiger partial charge in [0.05, 0.1) is 10.9 Å². The molecule has 0 saturated carbocycles. The Bertz CT molecular complexity index is 989. The summed E-state index contributed by atoms with van der Waals surface area (Å²) in [5.74, 6) is -0.0456. The van der Waals surface area contributed by atoms with Gasteiger partial charge in [0.25, 0.3) is 5.91 Å². The van der Waals surface area contributed by atoms with Crippen molar-refractivity contribution >= 4 is 22.8 Å². The highest BCUT2D eigenvalue weighted by Crippen LogP contribution is 2.29. The highest BCUT2D eigenvalue weighted by molar-refractivity contribution is 5.99. The second-order valence-electron chi connectivity index (χ2n) is 7.33. The van der Waals surface area contributed by atoms with Gasteiger partial charge in [-0.15, -0.1) is 0 Å². The number of carbonyl (C=O) groups excluding carboxylic acids is 2. The van der Waals surface area contributed by atoms with Crippen LogP contribution >= 0.6 is 0 Å². The molecule has 1 saturated heterocycles. The Morgan fingerprint density at radius 2 is 1.69 bits per heavy atom. The van der Waals surface area contributed by atoms with Crippen molar-refractivity contribution in [1.82, 2.24) is 10.1 Å². The van der Waals surface area contributed by atoms with E-state index < -0.39 is 5.97 Å². The zero-order valence-electron chi connectivity index (χ0n) is 16.3. The van der Waals surface area contributed by atoms with E-state index in [-0.39, 0.29) is 12.5 Å². The molecule has 1 aromatic heterocycles. The summed E-state index contributed by atoms with van der Waals surface area (Å²) in [6.07, 6.45) is 5.53. The van der Waals surface area contributed by atoms with Gasteiger partial charge in [0.1, 0.15) is 5.52 Å². The summed E-state index contributed by atoms with van der Waals surface area (Å²) in [7, 11) is 0. The van der Waals surface area contributed by atoms with Gasteiger partial charge in [0.2, 0.25) is 0 Å². The van der Waals surface area contributed by atoms with Gasteiger partial charge in [-0.05, 0) is 31.0 Å². The third kappa shape index (κ3) is 4.47. The quantitative estimate of drug-likeness (QED) is 0.614. The molecule has 0 radical (unpaired) electrons. The van der Waals surface area contributed by atoms with Crippen molar-refractivity contribution in [2.45, 2.75) is 32.1 Å². The summed E-state index contributed by atoms with van der Waals surface area (Å²) >= 11 is 0. The topological polar surface area (TPSA) is 72.6 Å². The van der Waals surface area contributed by atoms with Crippen LogP contribution in [0.4, 0.5) is 0 Å². The minimum atomic E-state index is -0.521. The minimum absolute atomic E-state index is 0.128. The number of aromatic nitrogens is 1. The van der Waals surface area contributed by atoms with Gasteiger partial charge in [-0.3, -0.25) is 4.79 Å². The lowest BCUT2D eigenvalue weighted by Crippen LogP contribution is -2.36. The van der Waals surface area contributed by atoms with E-state index in [4.69, 9.17) is 9.26 Å². The van der Waals surface area contributed by atoms with Gasteiger partial charge >= 0.3 is 5.97 Å². The van der Waals surface area contributed by atoms with Gasteiger partial charge in [-0.25, -0.2) is 4.79 Å². The molecule has 2 heterocycles. The van der Waals surface area contributed by atoms with Crippen LogP contribution in [0.15, 0.2) is 53.1 Å². The third-order valence-electron chi connectivity index (χ3n) is 5.28. The monoisotopic (exact) mass is 392 g/mol. The number of benzene rings is 2. The van der Waals surface area contributed by atoms with Crippen LogP contribution in [0, 0.1) is 0 Å². The molecule has 0 unspecified atom stereocenters. The molecule has 0 bridgehead atoms. The average Bonchev–Trinajstić information content (AvgIpc) is 3.15. The molecule has 0 spiro atoms. The molecule has 0 atom stereocenters. The number of likely N-dealkylation sites (tertiary alicyclic amines) is 1. The molecule has 0 aliphatic carbocycles. The molecular weight excluding hydrogens is 368 g/mol. The molecule has 1 fully saturated rings. The van der Waals surface area contributed by atoms with Gasteiger partial charge in [0, 0.05) is 18.7 Å². The van der Waals surface area contributed by atoms with Crippen molar-refractivity contribution in [3.05, 3.63) is 54.1 Å². The van der Waals surface area contributed by atoms with Crippen molar-refractivity contribution in [2.24, 2.45) is 0 Å². The van der Waals surface area contributed by atoms with E-state index in [1.54, 1.807) is 18.2 Å². The Labute approximate surface area is 169 Å². The summed E-state index contributed by atoms with van der Waals surface area (Å²) in [6, 6.07) is 14.7. The lowest BCUT2D eigenvalue weighted by molar-refractivity contribution is -0.134. The Hall–Kier alpha value is -3.15. The smallest absolute Gasteiger partial charge is 0.338 e. The number of ether oxygens (including phenoxy) is 1. The minimum Gasteiger partial charge on any atom is -0.452 e. The van der Waals surface area contributed by atoms with Crippen LogP contribution < -0.4 is 0 Å². The number of fused-ring (bicyclic) bond motifs is 1. The lowest BCUT2D eigenvalue weighted by atomic mass is 10.1. The molecule has 29 heavy (non-hydrogen) atoms. The van der Waals surface area contributed by atoms with Crippen LogP contribution in [0.1, 0.15) is 42.5 Å². The first-order valence-electron chi connectivity index (χ1n) is 10.1. The average molecular weight is 392 g/mol. The number of esters is 1. The summed E-state index contributed by atoms with van der Waals surface area (Å²) in [5, 5.41) is 4.80. The zero-order chi connectivity index (χ0) is 20.1. The van der Waals surface area contributed by atoms with Gasteiger partial charge in [-0.2, -0.15) is 0 Å². The van der Waals surface area contributed by atoms with Crippen molar-refractivity contribution in [2.75, 3.05) is 19.7 Å². The van der Waals surface area contributed by atoms with Crippen LogP contribution in [0.5, 0.6) is 0 Å². The number of carbonyl (C=O) groups is 2. The van der Waals surface area contributed by atoms with E-state index in [1.807, 2.05) is 35.2 Å². The number of amides is 1. The highest BCUT2D eigenvalue weighted by atomic mass is 16.5. The van der Waals surface area contributed by atoms with Crippen molar-refractivity contribution < 1.29 is 18.8 Å². The van der Waals surface area contributed by atoms with E-state index in [0.29, 0.717) is 16.8 Å². The van der Waals surface area contributed by atoms with Gasteiger partial charge < -0.3 is 14.2 Å². The molecule has 3 aromatic rings. The standard InChI is InChI=1S/C23H24N2O4/c26-21(25-13-7-2-1-3-8-14-25)16-28-23(27)18-11-12-20-19(15-18)22(29-24-20)17-9-5-4-6-10-17/h4-6,9-12,15H,1-3,7-8,13-14,16H2. The van der Waals surface area contributed by atoms with Crippen molar-refractivity contribution in [3.8, 4) is 11.3 Å². The van der Waals surface area contributed by atoms with Gasteiger partial charge in [0.15, 0.2) is 12.4 Å². The van der Waals surface area contributed by atoms with Crippen molar-refractivity contribution in [1.29, 1.82) is 0 Å². The summed E-state index contributed by atoms with van der Waals surface area (Å²) in [4.78, 5) is 26.8. The molecule has 2 aromatic carbocycles. The molecule has 150 valence electrons. The van der Waals surface area contributed by atoms with E-state index >= 15 is 0 Å². The molecule has 1 amide bonds. The van der Waals surface area contributed by atoms with Crippen LogP contribution in [-0.4, -0.2) is 41.6 Å². The second-order valence-corrected chi connectivity index (χ2v) is 7.33. The Morgan fingerprint density at radius 3 is 2.45 bits per heavy atom. The van der Waals surface area contributed by atoms with Crippen molar-refractivity contribution in [3.63, 3.8) is 0 Å². The SMILES string of the molecule is O=C(OCC(=O)N1CCCCCCC1)c1ccc2noc(-c3ccccc3)c2c1. The van der Waals surface area contributed by atoms with Crippen LogP contribution in [0.3, 0.4) is 0 Å². The fourth-order valence-corrected chi connectivity index (χ4v) is 3.66. The van der Waals surface area contributed by atoms with E-state index in [0.717, 1.165) is 49.7 Å². The fraction of sp³-hybridized carbons (Fsp3) is 0.348. The number of rotatable bonds is 4. The van der Waals surface area contributed by atoms with Crippen LogP contribution in [0.25, 0.3) is 22.2 Å². The summed E-state index contributed by atoms with van der Waals surface area (Å²) < 4.78 is 10.8. The van der Waals surface area contributed by atoms with E-state index in [9.17, 15) is 9.59 Å². The first kappa shape index (κ1) is 19.2. The first-order valence-corrected chi connectivity index (χ1v) is 10.1. The maximum Gasteiger partial charge on any atom is 0.338 e. The summed E-state index contributed by atoms with van der Waals surface area (Å²) in [6.45, 7) is 1.25.